The van der Waals surface area contributed by atoms with E-state index in [-0.39, 0.29) is 0 Å². The lowest BCUT2D eigenvalue weighted by Gasteiger charge is -2.29. The lowest BCUT2D eigenvalue weighted by Crippen LogP contribution is -2.30. The van der Waals surface area contributed by atoms with Crippen molar-refractivity contribution in [2.24, 2.45) is 0 Å². The monoisotopic (exact) mass is 273 g/mol. The molecule has 2 heterocycles. The van der Waals surface area contributed by atoms with Crippen molar-refractivity contribution in [3.05, 3.63) is 57.3 Å². The SMILES string of the molecule is O=C(O)c1cccc2c1CCN(Cc1cccs1)C2. The fourth-order valence-corrected chi connectivity index (χ4v) is 3.37. The summed E-state index contributed by atoms with van der Waals surface area (Å²) in [7, 11) is 0. The van der Waals surface area contributed by atoms with Crippen molar-refractivity contribution < 1.29 is 9.90 Å². The third-order valence-electron chi connectivity index (χ3n) is 3.53. The Hall–Kier alpha value is -1.65. The van der Waals surface area contributed by atoms with Gasteiger partial charge in [0.2, 0.25) is 0 Å². The van der Waals surface area contributed by atoms with Crippen LogP contribution in [0.25, 0.3) is 0 Å². The molecule has 1 aliphatic rings. The first-order valence-electron chi connectivity index (χ1n) is 6.33. The largest absolute Gasteiger partial charge is 0.478 e. The maximum Gasteiger partial charge on any atom is 0.335 e. The molecule has 98 valence electrons. The fourth-order valence-electron chi connectivity index (χ4n) is 2.63. The second-order valence-electron chi connectivity index (χ2n) is 4.79. The molecular formula is C15H15NO2S. The van der Waals surface area contributed by atoms with Crippen molar-refractivity contribution in [1.29, 1.82) is 0 Å². The Kier molecular flexibility index (Phi) is 3.36. The molecule has 0 fully saturated rings. The molecule has 0 saturated carbocycles. The normalized spacial score (nSPS) is 15.2. The van der Waals surface area contributed by atoms with E-state index in [1.807, 2.05) is 12.1 Å². The minimum absolute atomic E-state index is 0.466. The zero-order valence-corrected chi connectivity index (χ0v) is 11.3. The lowest BCUT2D eigenvalue weighted by molar-refractivity contribution is 0.0694. The van der Waals surface area contributed by atoms with Crippen molar-refractivity contribution in [1.82, 2.24) is 4.90 Å². The third kappa shape index (κ3) is 2.55. The summed E-state index contributed by atoms with van der Waals surface area (Å²) in [6.07, 6.45) is 0.823. The van der Waals surface area contributed by atoms with E-state index in [0.29, 0.717) is 5.56 Å². The molecular weight excluding hydrogens is 258 g/mol. The van der Waals surface area contributed by atoms with Gasteiger partial charge in [-0.15, -0.1) is 11.3 Å². The third-order valence-corrected chi connectivity index (χ3v) is 4.40. The van der Waals surface area contributed by atoms with Crippen LogP contribution in [0, 0.1) is 0 Å². The van der Waals surface area contributed by atoms with E-state index in [9.17, 15) is 9.90 Å². The Labute approximate surface area is 116 Å². The number of nitrogens with zero attached hydrogens (tertiary/aromatic N) is 1. The first kappa shape index (κ1) is 12.4. The number of hydrogen-bond donors (Lipinski definition) is 1. The van der Waals surface area contributed by atoms with Crippen molar-refractivity contribution in [2.45, 2.75) is 19.5 Å². The Bertz CT molecular complexity index is 592. The molecule has 1 aliphatic heterocycles. The second-order valence-corrected chi connectivity index (χ2v) is 5.82. The Balaban J connectivity index is 1.81. The van der Waals surface area contributed by atoms with E-state index in [4.69, 9.17) is 0 Å². The van der Waals surface area contributed by atoms with Gasteiger partial charge in [0, 0.05) is 24.5 Å². The van der Waals surface area contributed by atoms with Gasteiger partial charge in [-0.3, -0.25) is 4.90 Å². The first-order chi connectivity index (χ1) is 9.24. The summed E-state index contributed by atoms with van der Waals surface area (Å²) in [6, 6.07) is 9.81. The zero-order chi connectivity index (χ0) is 13.2. The molecule has 2 aromatic rings. The standard InChI is InChI=1S/C15H15NO2S/c17-15(18)14-5-1-3-11-9-16(7-6-13(11)14)10-12-4-2-8-19-12/h1-5,8H,6-7,9-10H2,(H,17,18). The molecule has 1 aromatic heterocycles. The summed E-state index contributed by atoms with van der Waals surface area (Å²) in [4.78, 5) is 14.9. The van der Waals surface area contributed by atoms with Gasteiger partial charge in [-0.25, -0.2) is 4.79 Å². The number of fused-ring (bicyclic) bond motifs is 1. The zero-order valence-electron chi connectivity index (χ0n) is 10.5. The second kappa shape index (κ2) is 5.15. The van der Waals surface area contributed by atoms with E-state index in [1.165, 1.54) is 4.88 Å². The molecule has 0 unspecified atom stereocenters. The summed E-state index contributed by atoms with van der Waals surface area (Å²) in [6.45, 7) is 2.72. The van der Waals surface area contributed by atoms with E-state index >= 15 is 0 Å². The number of carboxylic acid groups (broad SMARTS) is 1. The summed E-state index contributed by atoms with van der Waals surface area (Å²) in [5, 5.41) is 11.3. The highest BCUT2D eigenvalue weighted by molar-refractivity contribution is 7.09. The van der Waals surface area contributed by atoms with Crippen LogP contribution in [0.15, 0.2) is 35.7 Å². The molecule has 0 aliphatic carbocycles. The Morgan fingerprint density at radius 3 is 2.95 bits per heavy atom. The van der Waals surface area contributed by atoms with Crippen LogP contribution in [0.2, 0.25) is 0 Å². The van der Waals surface area contributed by atoms with Gasteiger partial charge >= 0.3 is 5.97 Å². The van der Waals surface area contributed by atoms with Crippen LogP contribution in [0.3, 0.4) is 0 Å². The van der Waals surface area contributed by atoms with Crippen molar-refractivity contribution >= 4 is 17.3 Å². The first-order valence-corrected chi connectivity index (χ1v) is 7.21. The van der Waals surface area contributed by atoms with Crippen LogP contribution < -0.4 is 0 Å². The maximum atomic E-state index is 11.2. The Morgan fingerprint density at radius 1 is 1.32 bits per heavy atom. The van der Waals surface area contributed by atoms with Crippen molar-refractivity contribution in [2.75, 3.05) is 6.54 Å². The molecule has 3 rings (SSSR count). The minimum Gasteiger partial charge on any atom is -0.478 e. The summed E-state index contributed by atoms with van der Waals surface area (Å²) in [5.74, 6) is -0.816. The van der Waals surface area contributed by atoms with Gasteiger partial charge in [-0.05, 0) is 35.1 Å². The van der Waals surface area contributed by atoms with Crippen LogP contribution in [0.1, 0.15) is 26.4 Å². The van der Waals surface area contributed by atoms with E-state index < -0.39 is 5.97 Å². The predicted octanol–water partition coefficient (Wildman–Crippen LogP) is 3.00. The highest BCUT2D eigenvalue weighted by Crippen LogP contribution is 2.24. The molecule has 0 saturated heterocycles. The molecule has 0 bridgehead atoms. The minimum atomic E-state index is -0.816. The Morgan fingerprint density at radius 2 is 2.21 bits per heavy atom. The van der Waals surface area contributed by atoms with Crippen LogP contribution in [-0.4, -0.2) is 22.5 Å². The number of aromatic carboxylic acids is 1. The molecule has 1 aromatic carbocycles. The quantitative estimate of drug-likeness (QED) is 0.934. The molecule has 0 amide bonds. The molecule has 0 spiro atoms. The van der Waals surface area contributed by atoms with E-state index in [2.05, 4.69) is 22.4 Å². The average molecular weight is 273 g/mol. The molecule has 0 atom stereocenters. The van der Waals surface area contributed by atoms with Crippen LogP contribution in [-0.2, 0) is 19.5 Å². The summed E-state index contributed by atoms with van der Waals surface area (Å²) >= 11 is 1.77. The average Bonchev–Trinajstić information content (AvgIpc) is 2.90. The number of carbonyl (C=O) groups is 1. The fraction of sp³-hybridized carbons (Fsp3) is 0.267. The summed E-state index contributed by atoms with van der Waals surface area (Å²) in [5.41, 5.74) is 2.63. The van der Waals surface area contributed by atoms with Crippen LogP contribution >= 0.6 is 11.3 Å². The van der Waals surface area contributed by atoms with Gasteiger partial charge in [-0.1, -0.05) is 18.2 Å². The number of thiophene rings is 1. The van der Waals surface area contributed by atoms with Crippen molar-refractivity contribution in [3.63, 3.8) is 0 Å². The maximum absolute atomic E-state index is 11.2. The van der Waals surface area contributed by atoms with Crippen molar-refractivity contribution in [3.8, 4) is 0 Å². The van der Waals surface area contributed by atoms with E-state index in [0.717, 1.165) is 37.2 Å². The predicted molar refractivity (Wildman–Crippen MR) is 75.5 cm³/mol. The van der Waals surface area contributed by atoms with Crippen LogP contribution in [0.5, 0.6) is 0 Å². The van der Waals surface area contributed by atoms with Gasteiger partial charge in [-0.2, -0.15) is 0 Å². The number of rotatable bonds is 3. The van der Waals surface area contributed by atoms with Gasteiger partial charge in [0.05, 0.1) is 5.56 Å². The van der Waals surface area contributed by atoms with Gasteiger partial charge in [0.15, 0.2) is 0 Å². The van der Waals surface area contributed by atoms with Gasteiger partial charge in [0.1, 0.15) is 0 Å². The number of carboxylic acids is 1. The molecule has 0 radical (unpaired) electrons. The molecule has 19 heavy (non-hydrogen) atoms. The van der Waals surface area contributed by atoms with E-state index in [1.54, 1.807) is 17.4 Å². The molecule has 1 N–H and O–H groups in total. The molecule has 4 heteroatoms. The summed E-state index contributed by atoms with van der Waals surface area (Å²) < 4.78 is 0. The number of benzene rings is 1. The molecule has 3 nitrogen and oxygen atoms in total. The van der Waals surface area contributed by atoms with Gasteiger partial charge < -0.3 is 5.11 Å². The number of hydrogen-bond acceptors (Lipinski definition) is 3. The highest BCUT2D eigenvalue weighted by Gasteiger charge is 2.21. The topological polar surface area (TPSA) is 40.5 Å². The van der Waals surface area contributed by atoms with Gasteiger partial charge in [0.25, 0.3) is 0 Å². The lowest BCUT2D eigenvalue weighted by atomic mass is 9.94. The highest BCUT2D eigenvalue weighted by atomic mass is 32.1. The van der Waals surface area contributed by atoms with Crippen LogP contribution in [0.4, 0.5) is 0 Å². The smallest absolute Gasteiger partial charge is 0.335 e.